The largest absolute Gasteiger partial charge is 0.737 e. The van der Waals surface area contributed by atoms with Gasteiger partial charge in [0.05, 0.1) is 5.57 Å². The van der Waals surface area contributed by atoms with E-state index in [-0.39, 0.29) is 0 Å². The van der Waals surface area contributed by atoms with Crippen molar-refractivity contribution >= 4 is 29.9 Å². The minimum Gasteiger partial charge on any atom is -0.393 e. The van der Waals surface area contributed by atoms with Crippen molar-refractivity contribution in [1.82, 2.24) is 4.48 Å². The molecule has 0 saturated carbocycles. The zero-order chi connectivity index (χ0) is 22.1. The van der Waals surface area contributed by atoms with E-state index >= 15 is 8.63 Å². The maximum atomic E-state index is 16.2. The van der Waals surface area contributed by atoms with Crippen LogP contribution in [0.2, 0.25) is 5.02 Å². The Morgan fingerprint density at radius 2 is 1.67 bits per heavy atom. The lowest BCUT2D eigenvalue weighted by Gasteiger charge is -2.34. The molecule has 0 aliphatic carbocycles. The fourth-order valence-corrected chi connectivity index (χ4v) is 5.92. The number of allylic oxidation sites excluding steroid dienone is 2. The molecule has 0 radical (unpaired) electrons. The third kappa shape index (κ3) is 2.64. The van der Waals surface area contributed by atoms with E-state index in [1.807, 2.05) is 66.7 Å². The van der Waals surface area contributed by atoms with Crippen LogP contribution >= 0.6 is 11.6 Å². The summed E-state index contributed by atoms with van der Waals surface area (Å²) in [7, 11) is 0. The van der Waals surface area contributed by atoms with Gasteiger partial charge in [0, 0.05) is 28.8 Å². The third-order valence-corrected chi connectivity index (χ3v) is 7.04. The number of hydrogen-bond donors (Lipinski definition) is 0. The highest BCUT2D eigenvalue weighted by Crippen LogP contribution is 2.47. The maximum absolute atomic E-state index is 16.2. The SMILES string of the molecule is CCC1=C(C)C2=C(c3cc(C)cc(Cl)c3)c3c(C)c(CC)c(C)n3[B-](F)(F)[N+]2=C1C. The van der Waals surface area contributed by atoms with Crippen LogP contribution in [0.1, 0.15) is 67.8 Å². The molecule has 0 bridgehead atoms. The lowest BCUT2D eigenvalue weighted by Crippen LogP contribution is -2.51. The molecule has 6 heteroatoms. The van der Waals surface area contributed by atoms with Gasteiger partial charge in [0.2, 0.25) is 0 Å². The van der Waals surface area contributed by atoms with Gasteiger partial charge < -0.3 is 17.6 Å². The lowest BCUT2D eigenvalue weighted by atomic mass is 9.83. The maximum Gasteiger partial charge on any atom is 0.737 e. The van der Waals surface area contributed by atoms with Gasteiger partial charge in [0.15, 0.2) is 5.70 Å². The van der Waals surface area contributed by atoms with Crippen molar-refractivity contribution in [2.45, 2.75) is 61.3 Å². The molecule has 3 heterocycles. The Labute approximate surface area is 182 Å². The van der Waals surface area contributed by atoms with E-state index in [0.717, 1.165) is 51.8 Å². The van der Waals surface area contributed by atoms with Crippen LogP contribution in [0.3, 0.4) is 0 Å². The Morgan fingerprint density at radius 3 is 2.23 bits per heavy atom. The average Bonchev–Trinajstić information content (AvgIpc) is 3.06. The molecule has 1 aromatic carbocycles. The van der Waals surface area contributed by atoms with Crippen molar-refractivity contribution < 1.29 is 13.1 Å². The Hall–Kier alpha value is -2.14. The van der Waals surface area contributed by atoms with Crippen LogP contribution in [-0.2, 0) is 6.42 Å². The second kappa shape index (κ2) is 6.95. The summed E-state index contributed by atoms with van der Waals surface area (Å²) in [5, 5.41) is 0.617. The smallest absolute Gasteiger partial charge is 0.393 e. The van der Waals surface area contributed by atoms with Gasteiger partial charge in [-0.1, -0.05) is 31.5 Å². The van der Waals surface area contributed by atoms with E-state index < -0.39 is 6.97 Å². The Kier molecular flexibility index (Phi) is 4.89. The van der Waals surface area contributed by atoms with E-state index in [1.54, 1.807) is 0 Å². The number of nitrogens with zero attached hydrogens (tertiary/aromatic N) is 2. The molecule has 2 nitrogen and oxygen atoms in total. The number of hydrogen-bond acceptors (Lipinski definition) is 0. The van der Waals surface area contributed by atoms with Gasteiger partial charge in [-0.2, -0.15) is 0 Å². The number of fused-ring (bicyclic) bond motifs is 2. The van der Waals surface area contributed by atoms with Gasteiger partial charge >= 0.3 is 6.97 Å². The van der Waals surface area contributed by atoms with Gasteiger partial charge in [-0.25, -0.2) is 0 Å². The van der Waals surface area contributed by atoms with E-state index in [1.165, 1.54) is 8.96 Å². The van der Waals surface area contributed by atoms with Crippen LogP contribution in [0.4, 0.5) is 8.63 Å². The molecule has 2 aromatic rings. The summed E-state index contributed by atoms with van der Waals surface area (Å²) in [5.74, 6) is 0. The molecule has 2 aliphatic heterocycles. The minimum absolute atomic E-state index is 0.617. The Balaban J connectivity index is 2.25. The van der Waals surface area contributed by atoms with Crippen LogP contribution < -0.4 is 0 Å². The van der Waals surface area contributed by atoms with Gasteiger partial charge in [-0.15, -0.1) is 0 Å². The predicted molar refractivity (Wildman–Crippen MR) is 123 cm³/mol. The number of rotatable bonds is 3. The highest BCUT2D eigenvalue weighted by atomic mass is 35.5. The standard InChI is InChI=1S/C24H28BClF2N2/c1-8-20-14(4)23-22(18-10-13(3)11-19(26)12-18)24-15(5)21(9-2)17(7)30(24)25(27,28)29(23)16(20)6/h10-12H,8-9H2,1-7H3. The molecule has 158 valence electrons. The fraction of sp³-hybridized carbons (Fsp3) is 0.375. The monoisotopic (exact) mass is 428 g/mol. The van der Waals surface area contributed by atoms with E-state index in [2.05, 4.69) is 0 Å². The fourth-order valence-electron chi connectivity index (χ4n) is 5.63. The highest BCUT2D eigenvalue weighted by molar-refractivity contribution is 6.58. The third-order valence-electron chi connectivity index (χ3n) is 6.83. The quantitative estimate of drug-likeness (QED) is 0.473. The molecule has 30 heavy (non-hydrogen) atoms. The number of aryl methyl sites for hydroxylation is 1. The first-order valence-electron chi connectivity index (χ1n) is 10.6. The van der Waals surface area contributed by atoms with Crippen molar-refractivity contribution in [2.75, 3.05) is 0 Å². The predicted octanol–water partition coefficient (Wildman–Crippen LogP) is 6.84. The van der Waals surface area contributed by atoms with Crippen LogP contribution in [0.15, 0.2) is 35.0 Å². The molecule has 0 amide bonds. The van der Waals surface area contributed by atoms with E-state index in [0.29, 0.717) is 27.8 Å². The molecule has 4 rings (SSSR count). The summed E-state index contributed by atoms with van der Waals surface area (Å²) in [6, 6.07) is 5.85. The summed E-state index contributed by atoms with van der Waals surface area (Å²) in [6.07, 6.45) is 1.44. The van der Waals surface area contributed by atoms with Crippen molar-refractivity contribution in [3.63, 3.8) is 0 Å². The molecule has 0 fully saturated rings. The second-order valence-corrected chi connectivity index (χ2v) is 8.94. The van der Waals surface area contributed by atoms with Crippen molar-refractivity contribution in [2.24, 2.45) is 0 Å². The van der Waals surface area contributed by atoms with Gasteiger partial charge in [0.1, 0.15) is 5.71 Å². The number of aromatic nitrogens is 1. The van der Waals surface area contributed by atoms with Crippen LogP contribution in [0.25, 0.3) is 5.57 Å². The minimum atomic E-state index is -3.99. The normalized spacial score (nSPS) is 17.8. The second-order valence-electron chi connectivity index (χ2n) is 8.50. The topological polar surface area (TPSA) is 7.94 Å². The van der Waals surface area contributed by atoms with Crippen LogP contribution in [-0.4, -0.2) is 21.6 Å². The average molecular weight is 429 g/mol. The molecule has 0 N–H and O–H groups in total. The first-order valence-corrected chi connectivity index (χ1v) is 11.0. The zero-order valence-electron chi connectivity index (χ0n) is 18.8. The Bertz CT molecular complexity index is 1180. The summed E-state index contributed by atoms with van der Waals surface area (Å²) >= 11 is 6.42. The number of benzene rings is 1. The van der Waals surface area contributed by atoms with Gasteiger partial charge in [-0.05, 0) is 80.6 Å². The Morgan fingerprint density at radius 1 is 1.00 bits per heavy atom. The summed E-state index contributed by atoms with van der Waals surface area (Å²) in [4.78, 5) is 0. The molecule has 2 aliphatic rings. The lowest BCUT2D eigenvalue weighted by molar-refractivity contribution is -0.363. The molecule has 1 aromatic heterocycles. The zero-order valence-corrected chi connectivity index (χ0v) is 19.5. The van der Waals surface area contributed by atoms with Gasteiger partial charge in [0.25, 0.3) is 0 Å². The summed E-state index contributed by atoms with van der Waals surface area (Å²) in [6.45, 7) is 9.65. The number of halogens is 3. The first kappa shape index (κ1) is 21.1. The van der Waals surface area contributed by atoms with E-state index in [4.69, 9.17) is 11.6 Å². The first-order chi connectivity index (χ1) is 14.1. The molecule has 0 saturated heterocycles. The van der Waals surface area contributed by atoms with Crippen LogP contribution in [0, 0.1) is 20.8 Å². The van der Waals surface area contributed by atoms with Crippen molar-refractivity contribution in [3.8, 4) is 0 Å². The molecule has 0 spiro atoms. The van der Waals surface area contributed by atoms with Gasteiger partial charge in [-0.3, -0.25) is 0 Å². The van der Waals surface area contributed by atoms with Crippen molar-refractivity contribution in [3.05, 3.63) is 73.7 Å². The van der Waals surface area contributed by atoms with Crippen LogP contribution in [0.5, 0.6) is 0 Å². The highest BCUT2D eigenvalue weighted by Gasteiger charge is 2.56. The molecular weight excluding hydrogens is 401 g/mol. The summed E-state index contributed by atoms with van der Waals surface area (Å²) < 4.78 is 34.9. The molecule has 0 atom stereocenters. The molecule has 0 unspecified atom stereocenters. The van der Waals surface area contributed by atoms with E-state index in [9.17, 15) is 0 Å². The van der Waals surface area contributed by atoms with Crippen molar-refractivity contribution in [1.29, 1.82) is 0 Å². The summed E-state index contributed by atoms with van der Waals surface area (Å²) in [5.41, 5.74) is 9.20. The molecular formula is C24H28BClF2N2.